The lowest BCUT2D eigenvalue weighted by molar-refractivity contribution is -0.133. The molecule has 0 aliphatic heterocycles. The monoisotopic (exact) mass is 426 g/mol. The summed E-state index contributed by atoms with van der Waals surface area (Å²) in [6.07, 6.45) is 10.9. The van der Waals surface area contributed by atoms with Gasteiger partial charge in [-0.15, -0.1) is 0 Å². The van der Waals surface area contributed by atoms with E-state index in [2.05, 4.69) is 75.5 Å². The van der Waals surface area contributed by atoms with Gasteiger partial charge in [0, 0.05) is 23.8 Å². The second kappa shape index (κ2) is 10.4. The molecule has 0 aromatic heterocycles. The predicted molar refractivity (Wildman–Crippen MR) is 129 cm³/mol. The average molecular weight is 427 g/mol. The van der Waals surface area contributed by atoms with E-state index in [-0.39, 0.29) is 29.7 Å². The molecule has 2 aliphatic carbocycles. The van der Waals surface area contributed by atoms with Gasteiger partial charge < -0.3 is 21.3 Å². The van der Waals surface area contributed by atoms with Crippen molar-refractivity contribution in [3.8, 4) is 0 Å². The topological polar surface area (TPSA) is 78.5 Å². The van der Waals surface area contributed by atoms with Gasteiger partial charge in [-0.1, -0.05) is 75.3 Å². The fourth-order valence-electron chi connectivity index (χ4n) is 5.99. The highest BCUT2D eigenvalue weighted by atomic mass is 16.3. The number of benzene rings is 1. The van der Waals surface area contributed by atoms with E-state index in [1.165, 1.54) is 11.1 Å². The Balaban J connectivity index is 2.05. The smallest absolute Gasteiger partial charge is 0.0986 e. The van der Waals surface area contributed by atoms with Gasteiger partial charge in [0.05, 0.1) is 17.7 Å². The van der Waals surface area contributed by atoms with E-state index in [1.807, 2.05) is 6.07 Å². The molecule has 4 unspecified atom stereocenters. The van der Waals surface area contributed by atoms with Crippen LogP contribution in [0.3, 0.4) is 0 Å². The van der Waals surface area contributed by atoms with Crippen molar-refractivity contribution in [2.24, 2.45) is 23.5 Å². The Morgan fingerprint density at radius 2 is 1.81 bits per heavy atom. The predicted octanol–water partition coefficient (Wildman–Crippen LogP) is 4.06. The molecule has 8 atom stereocenters. The van der Waals surface area contributed by atoms with Crippen molar-refractivity contribution in [3.05, 3.63) is 59.7 Å². The fraction of sp³-hybridized carbons (Fsp3) is 0.630. The third-order valence-electron chi connectivity index (χ3n) is 7.73. The Morgan fingerprint density at radius 1 is 1.10 bits per heavy atom. The summed E-state index contributed by atoms with van der Waals surface area (Å²) in [5.41, 5.74) is 8.62. The Bertz CT molecular complexity index is 776. The van der Waals surface area contributed by atoms with Gasteiger partial charge >= 0.3 is 0 Å². The number of aliphatic hydroxyl groups is 2. The van der Waals surface area contributed by atoms with Crippen molar-refractivity contribution in [1.82, 2.24) is 5.32 Å². The molecule has 0 spiro atoms. The molecular formula is C27H42N2O2. The molecule has 0 heterocycles. The molecule has 1 aromatic carbocycles. The SMILES string of the molecule is CCCCN[C@]1(C)C2C=CC=CC2[C@H](C(c2ccccc2C)C(N)CCC)[C@H](O)[C@@H]1O. The molecule has 0 amide bonds. The summed E-state index contributed by atoms with van der Waals surface area (Å²) in [7, 11) is 0. The lowest BCUT2D eigenvalue weighted by atomic mass is 9.54. The summed E-state index contributed by atoms with van der Waals surface area (Å²) >= 11 is 0. The highest BCUT2D eigenvalue weighted by Crippen LogP contribution is 2.51. The lowest BCUT2D eigenvalue weighted by Crippen LogP contribution is -2.69. The zero-order chi connectivity index (χ0) is 22.6. The van der Waals surface area contributed by atoms with E-state index < -0.39 is 17.7 Å². The van der Waals surface area contributed by atoms with E-state index in [1.54, 1.807) is 0 Å². The molecule has 4 nitrogen and oxygen atoms in total. The lowest BCUT2D eigenvalue weighted by Gasteiger charge is -2.56. The number of fused-ring (bicyclic) bond motifs is 1. The molecule has 3 rings (SSSR count). The fourth-order valence-corrected chi connectivity index (χ4v) is 5.99. The van der Waals surface area contributed by atoms with Crippen LogP contribution in [0.15, 0.2) is 48.6 Å². The van der Waals surface area contributed by atoms with Gasteiger partial charge in [-0.2, -0.15) is 0 Å². The molecule has 1 aromatic rings. The maximum Gasteiger partial charge on any atom is 0.0986 e. The summed E-state index contributed by atoms with van der Waals surface area (Å²) in [4.78, 5) is 0. The number of allylic oxidation sites excluding steroid dienone is 3. The van der Waals surface area contributed by atoms with Crippen LogP contribution in [0, 0.1) is 24.7 Å². The summed E-state index contributed by atoms with van der Waals surface area (Å²) < 4.78 is 0. The largest absolute Gasteiger partial charge is 0.390 e. The van der Waals surface area contributed by atoms with Crippen molar-refractivity contribution < 1.29 is 10.2 Å². The van der Waals surface area contributed by atoms with Gasteiger partial charge in [-0.25, -0.2) is 0 Å². The standard InChI is InChI=1S/C27H42N2O2/c1-5-7-17-29-27(4)21-16-11-10-15-20(21)24(25(30)26(27)31)23(22(28)12-6-2)19-14-9-8-13-18(19)3/h8-11,13-16,20-26,29-31H,5-7,12,17,28H2,1-4H3/t20?,21?,22?,23?,24-,25+,26+,27-/m1/s1. The van der Waals surface area contributed by atoms with Gasteiger partial charge in [0.25, 0.3) is 0 Å². The summed E-state index contributed by atoms with van der Waals surface area (Å²) in [6, 6.07) is 8.31. The number of rotatable bonds is 9. The van der Waals surface area contributed by atoms with Crippen LogP contribution in [0.25, 0.3) is 0 Å². The van der Waals surface area contributed by atoms with Crippen molar-refractivity contribution in [1.29, 1.82) is 0 Å². The molecule has 1 saturated carbocycles. The Morgan fingerprint density at radius 3 is 2.48 bits per heavy atom. The van der Waals surface area contributed by atoms with E-state index >= 15 is 0 Å². The first-order valence-electron chi connectivity index (χ1n) is 12.1. The van der Waals surface area contributed by atoms with Crippen molar-refractivity contribution in [3.63, 3.8) is 0 Å². The minimum atomic E-state index is -0.868. The first-order valence-corrected chi connectivity index (χ1v) is 12.1. The van der Waals surface area contributed by atoms with Crippen molar-refractivity contribution in [2.45, 2.75) is 83.1 Å². The maximum absolute atomic E-state index is 11.6. The van der Waals surface area contributed by atoms with Gasteiger partial charge in [0.15, 0.2) is 0 Å². The Kier molecular flexibility index (Phi) is 8.14. The van der Waals surface area contributed by atoms with E-state index in [0.29, 0.717) is 0 Å². The third kappa shape index (κ3) is 4.68. The van der Waals surface area contributed by atoms with Gasteiger partial charge in [0.1, 0.15) is 0 Å². The molecule has 0 radical (unpaired) electrons. The quantitative estimate of drug-likeness (QED) is 0.449. The highest BCUT2D eigenvalue weighted by molar-refractivity contribution is 5.34. The highest BCUT2D eigenvalue weighted by Gasteiger charge is 2.57. The third-order valence-corrected chi connectivity index (χ3v) is 7.73. The summed E-state index contributed by atoms with van der Waals surface area (Å²) in [5, 5.41) is 26.7. The van der Waals surface area contributed by atoms with Crippen LogP contribution in [0.2, 0.25) is 0 Å². The van der Waals surface area contributed by atoms with Crippen LogP contribution >= 0.6 is 0 Å². The van der Waals surface area contributed by atoms with E-state index in [9.17, 15) is 10.2 Å². The number of hydrogen-bond donors (Lipinski definition) is 4. The number of aliphatic hydroxyl groups excluding tert-OH is 2. The van der Waals surface area contributed by atoms with Crippen LogP contribution in [-0.4, -0.2) is 40.5 Å². The summed E-state index contributed by atoms with van der Waals surface area (Å²) in [6.45, 7) is 9.35. The molecule has 4 heteroatoms. The van der Waals surface area contributed by atoms with E-state index in [0.717, 1.165) is 32.2 Å². The van der Waals surface area contributed by atoms with Crippen LogP contribution < -0.4 is 11.1 Å². The van der Waals surface area contributed by atoms with Crippen LogP contribution in [-0.2, 0) is 0 Å². The first-order chi connectivity index (χ1) is 14.9. The molecule has 5 N–H and O–H groups in total. The minimum absolute atomic E-state index is 0.0189. The number of nitrogens with one attached hydrogen (secondary N) is 1. The zero-order valence-electron chi connectivity index (χ0n) is 19.7. The number of aryl methyl sites for hydroxylation is 1. The Labute approximate surface area is 188 Å². The number of nitrogens with two attached hydrogens (primary N) is 1. The zero-order valence-corrected chi connectivity index (χ0v) is 19.7. The molecular weight excluding hydrogens is 384 g/mol. The molecule has 31 heavy (non-hydrogen) atoms. The van der Waals surface area contributed by atoms with Gasteiger partial charge in [0.2, 0.25) is 0 Å². The normalized spacial score (nSPS) is 34.4. The Hall–Kier alpha value is -1.46. The second-order valence-electron chi connectivity index (χ2n) is 9.78. The molecule has 0 bridgehead atoms. The van der Waals surface area contributed by atoms with Crippen LogP contribution in [0.5, 0.6) is 0 Å². The maximum atomic E-state index is 11.6. The van der Waals surface area contributed by atoms with Crippen molar-refractivity contribution in [2.75, 3.05) is 6.54 Å². The minimum Gasteiger partial charge on any atom is -0.390 e. The van der Waals surface area contributed by atoms with E-state index in [4.69, 9.17) is 5.73 Å². The number of hydrogen-bond acceptors (Lipinski definition) is 4. The molecule has 172 valence electrons. The van der Waals surface area contributed by atoms with Gasteiger partial charge in [-0.05, 0) is 50.3 Å². The van der Waals surface area contributed by atoms with Crippen molar-refractivity contribution >= 4 is 0 Å². The second-order valence-corrected chi connectivity index (χ2v) is 9.78. The van der Waals surface area contributed by atoms with Crippen LogP contribution in [0.1, 0.15) is 63.5 Å². The van der Waals surface area contributed by atoms with Gasteiger partial charge in [-0.3, -0.25) is 0 Å². The average Bonchev–Trinajstić information content (AvgIpc) is 2.76. The number of unbranched alkanes of at least 4 members (excludes halogenated alkanes) is 1. The van der Waals surface area contributed by atoms with Crippen LogP contribution in [0.4, 0.5) is 0 Å². The molecule has 1 fully saturated rings. The summed E-state index contributed by atoms with van der Waals surface area (Å²) in [5.74, 6) is 0.0349. The molecule has 0 saturated heterocycles. The first kappa shape index (κ1) is 24.2. The molecule has 2 aliphatic rings.